The number of aromatic nitrogens is 2. The fraction of sp³-hybridized carbons (Fsp3) is 0.452. The van der Waals surface area contributed by atoms with E-state index in [1.165, 1.54) is 16.7 Å². The average molecular weight is 674 g/mol. The van der Waals surface area contributed by atoms with Crippen molar-refractivity contribution in [2.24, 2.45) is 0 Å². The Bertz CT molecular complexity index is 1580. The Labute approximate surface area is 275 Å². The summed E-state index contributed by atoms with van der Waals surface area (Å²) in [7, 11) is 0. The van der Waals surface area contributed by atoms with Gasteiger partial charge in [-0.25, -0.2) is 9.78 Å². The van der Waals surface area contributed by atoms with Crippen LogP contribution < -0.4 is 10.6 Å². The van der Waals surface area contributed by atoms with Crippen LogP contribution in [0.1, 0.15) is 40.4 Å². The maximum atomic E-state index is 12.8. The zero-order valence-corrected chi connectivity index (χ0v) is 28.1. The summed E-state index contributed by atoms with van der Waals surface area (Å²) in [4.78, 5) is 55.5. The van der Waals surface area contributed by atoms with E-state index in [-0.39, 0.29) is 29.6 Å². The number of alkyl carbamates (subject to hydrolysis) is 1. The van der Waals surface area contributed by atoms with E-state index in [4.69, 9.17) is 23.6 Å². The highest BCUT2D eigenvalue weighted by Crippen LogP contribution is 2.36. The highest BCUT2D eigenvalue weighted by atomic mass is 32.2. The van der Waals surface area contributed by atoms with Gasteiger partial charge >= 0.3 is 6.09 Å². The van der Waals surface area contributed by atoms with Gasteiger partial charge in [-0.05, 0) is 82.4 Å². The highest BCUT2D eigenvalue weighted by Gasteiger charge is 2.36. The molecule has 2 aromatic heterocycles. The lowest BCUT2D eigenvalue weighted by molar-refractivity contribution is -0.124. The van der Waals surface area contributed by atoms with Gasteiger partial charge in [0.25, 0.3) is 11.1 Å². The molecule has 13 nitrogen and oxygen atoms in total. The predicted octanol–water partition coefficient (Wildman–Crippen LogP) is 4.90. The Balaban J connectivity index is 1.23. The van der Waals surface area contributed by atoms with Crippen molar-refractivity contribution in [3.05, 3.63) is 47.1 Å². The van der Waals surface area contributed by atoms with Gasteiger partial charge in [0, 0.05) is 25.2 Å². The second-order valence-corrected chi connectivity index (χ2v) is 13.3. The number of furan rings is 1. The topological polar surface area (TPSA) is 154 Å². The third kappa shape index (κ3) is 10.1. The molecule has 2 N–H and O–H groups in total. The molecule has 0 radical (unpaired) electrons. The lowest BCUT2D eigenvalue weighted by atomic mass is 10.2. The molecule has 248 valence electrons. The van der Waals surface area contributed by atoms with Crippen molar-refractivity contribution in [3.8, 4) is 0 Å². The lowest BCUT2D eigenvalue weighted by Gasteiger charge is -2.19. The van der Waals surface area contributed by atoms with Gasteiger partial charge < -0.3 is 33.8 Å². The van der Waals surface area contributed by atoms with Crippen LogP contribution in [0.3, 0.4) is 0 Å². The number of carbonyl (C=O) groups excluding carboxylic acids is 4. The van der Waals surface area contributed by atoms with Crippen molar-refractivity contribution in [3.63, 3.8) is 0 Å². The zero-order valence-electron chi connectivity index (χ0n) is 26.5. The van der Waals surface area contributed by atoms with Crippen LogP contribution in [-0.4, -0.2) is 88.8 Å². The summed E-state index contributed by atoms with van der Waals surface area (Å²) in [6.07, 6.45) is 1.07. The summed E-state index contributed by atoms with van der Waals surface area (Å²) >= 11 is 2.14. The van der Waals surface area contributed by atoms with E-state index in [9.17, 15) is 19.2 Å². The van der Waals surface area contributed by atoms with Gasteiger partial charge in [-0.2, -0.15) is 0 Å². The molecule has 1 saturated heterocycles. The summed E-state index contributed by atoms with van der Waals surface area (Å²) in [6, 6.07) is 10.8. The molecule has 0 saturated carbocycles. The number of imidazole rings is 1. The molecule has 0 spiro atoms. The summed E-state index contributed by atoms with van der Waals surface area (Å²) < 4.78 is 23.9. The van der Waals surface area contributed by atoms with Crippen LogP contribution in [0.5, 0.6) is 0 Å². The molecule has 0 aliphatic carbocycles. The Kier molecular flexibility index (Phi) is 12.3. The minimum atomic E-state index is -0.551. The first kappa shape index (κ1) is 35.1. The number of rotatable bonds is 15. The fourth-order valence-corrected chi connectivity index (χ4v) is 6.03. The van der Waals surface area contributed by atoms with Crippen LogP contribution >= 0.6 is 23.5 Å². The molecule has 1 aliphatic heterocycles. The molecule has 46 heavy (non-hydrogen) atoms. The average Bonchev–Trinajstić information content (AvgIpc) is 3.64. The molecule has 3 aromatic rings. The van der Waals surface area contributed by atoms with E-state index >= 15 is 0 Å². The SMILES string of the molecule is CC(C)N1C(=O)S/C(=C\c2ccc(Sc3nc4ccccc4n3CC(=O)NCCOCCOCCNC(=O)OC(C)(C)C)o2)C1=O. The van der Waals surface area contributed by atoms with E-state index in [1.807, 2.05) is 28.8 Å². The normalized spacial score (nSPS) is 14.6. The quantitative estimate of drug-likeness (QED) is 0.167. The predicted molar refractivity (Wildman–Crippen MR) is 174 cm³/mol. The highest BCUT2D eigenvalue weighted by molar-refractivity contribution is 8.18. The number of amides is 4. The Hall–Kier alpha value is -3.79. The number of hydrogen-bond acceptors (Lipinski definition) is 11. The maximum Gasteiger partial charge on any atom is 0.407 e. The van der Waals surface area contributed by atoms with Gasteiger partial charge in [-0.1, -0.05) is 12.1 Å². The minimum Gasteiger partial charge on any atom is -0.450 e. The first-order valence-electron chi connectivity index (χ1n) is 14.8. The molecule has 0 unspecified atom stereocenters. The molecular formula is C31H39N5O8S2. The van der Waals surface area contributed by atoms with E-state index < -0.39 is 11.7 Å². The Morgan fingerprint density at radius 3 is 2.39 bits per heavy atom. The summed E-state index contributed by atoms with van der Waals surface area (Å²) in [6.45, 7) is 11.0. The monoisotopic (exact) mass is 673 g/mol. The lowest BCUT2D eigenvalue weighted by Crippen LogP contribution is -2.34. The summed E-state index contributed by atoms with van der Waals surface area (Å²) in [5.41, 5.74) is 0.977. The summed E-state index contributed by atoms with van der Waals surface area (Å²) in [5.74, 6) is -0.119. The number of benzene rings is 1. The van der Waals surface area contributed by atoms with Gasteiger partial charge in [0.2, 0.25) is 5.91 Å². The third-order valence-corrected chi connectivity index (χ3v) is 7.98. The zero-order chi connectivity index (χ0) is 33.3. The van der Waals surface area contributed by atoms with Crippen molar-refractivity contribution < 1.29 is 37.8 Å². The number of carbonyl (C=O) groups is 4. The van der Waals surface area contributed by atoms with Gasteiger partial charge in [0.05, 0.1) is 42.4 Å². The Morgan fingerprint density at radius 1 is 1.02 bits per heavy atom. The number of fused-ring (bicyclic) bond motifs is 1. The minimum absolute atomic E-state index is 0.0342. The second-order valence-electron chi connectivity index (χ2n) is 11.4. The molecular weight excluding hydrogens is 635 g/mol. The molecule has 15 heteroatoms. The molecule has 0 atom stereocenters. The standard InChI is InChI=1S/C31H39N5O8S2/c1-20(2)36-27(38)24(45-30(36)40)18-21-10-11-26(43-21)46-28-34-22-8-6-7-9-23(22)35(28)19-25(37)32-12-14-41-16-17-42-15-13-33-29(39)44-31(3,4)5/h6-11,18,20H,12-17,19H2,1-5H3,(H,32,37)(H,33,39)/b24-18-. The number of ether oxygens (including phenoxy) is 3. The van der Waals surface area contributed by atoms with Crippen molar-refractivity contribution in [1.82, 2.24) is 25.1 Å². The number of nitrogens with one attached hydrogen (secondary N) is 2. The molecule has 4 rings (SSSR count). The molecule has 1 fully saturated rings. The number of nitrogens with zero attached hydrogens (tertiary/aromatic N) is 3. The number of hydrogen-bond donors (Lipinski definition) is 2. The first-order chi connectivity index (χ1) is 21.9. The Morgan fingerprint density at radius 2 is 1.72 bits per heavy atom. The van der Waals surface area contributed by atoms with Crippen molar-refractivity contribution >= 4 is 63.8 Å². The van der Waals surface area contributed by atoms with Crippen LogP contribution in [-0.2, 0) is 30.3 Å². The number of para-hydroxylation sites is 2. The van der Waals surface area contributed by atoms with Crippen LogP contribution in [0.2, 0.25) is 0 Å². The maximum absolute atomic E-state index is 12.8. The van der Waals surface area contributed by atoms with Gasteiger partial charge in [0.15, 0.2) is 10.2 Å². The van der Waals surface area contributed by atoms with Crippen LogP contribution in [0.15, 0.2) is 56.0 Å². The van der Waals surface area contributed by atoms with Crippen LogP contribution in [0.4, 0.5) is 9.59 Å². The van der Waals surface area contributed by atoms with E-state index in [0.717, 1.165) is 22.8 Å². The molecule has 3 heterocycles. The van der Waals surface area contributed by atoms with E-state index in [1.54, 1.807) is 52.8 Å². The van der Waals surface area contributed by atoms with Gasteiger partial charge in [-0.3, -0.25) is 19.3 Å². The van der Waals surface area contributed by atoms with E-state index in [0.29, 0.717) is 60.4 Å². The second kappa shape index (κ2) is 16.2. The molecule has 4 amide bonds. The molecule has 1 aliphatic rings. The van der Waals surface area contributed by atoms with Crippen LogP contribution in [0.25, 0.3) is 17.1 Å². The van der Waals surface area contributed by atoms with Crippen molar-refractivity contribution in [2.75, 3.05) is 39.5 Å². The molecule has 0 bridgehead atoms. The van der Waals surface area contributed by atoms with Gasteiger partial charge in [-0.15, -0.1) is 0 Å². The third-order valence-electron chi connectivity index (χ3n) is 6.18. The largest absolute Gasteiger partial charge is 0.450 e. The van der Waals surface area contributed by atoms with Gasteiger partial charge in [0.1, 0.15) is 17.9 Å². The number of thioether (sulfide) groups is 1. The smallest absolute Gasteiger partial charge is 0.407 e. The van der Waals surface area contributed by atoms with E-state index in [2.05, 4.69) is 10.6 Å². The molecule has 1 aromatic carbocycles. The fourth-order valence-electron chi connectivity index (χ4n) is 4.22. The first-order valence-corrected chi connectivity index (χ1v) is 16.4. The van der Waals surface area contributed by atoms with Crippen molar-refractivity contribution in [2.45, 2.75) is 63.1 Å². The summed E-state index contributed by atoms with van der Waals surface area (Å²) in [5, 5.41) is 6.25. The number of imide groups is 1. The van der Waals surface area contributed by atoms with Crippen LogP contribution in [0, 0.1) is 0 Å². The van der Waals surface area contributed by atoms with Crippen molar-refractivity contribution in [1.29, 1.82) is 0 Å².